The zero-order valence-electron chi connectivity index (χ0n) is 16.1. The van der Waals surface area contributed by atoms with Crippen LogP contribution < -0.4 is 25.0 Å². The van der Waals surface area contributed by atoms with Gasteiger partial charge in [0.25, 0.3) is 5.91 Å². The van der Waals surface area contributed by atoms with E-state index in [1.807, 2.05) is 19.0 Å². The number of benzene rings is 2. The zero-order chi connectivity index (χ0) is 20.8. The predicted octanol–water partition coefficient (Wildman–Crippen LogP) is 2.03. The summed E-state index contributed by atoms with van der Waals surface area (Å²) in [6.07, 6.45) is 0. The quantitative estimate of drug-likeness (QED) is 0.741. The Bertz CT molecular complexity index is 911. The number of anilines is 2. The number of carbonyl (C=O) groups excluding carboxylic acids is 3. The Balaban J connectivity index is 1.46. The van der Waals surface area contributed by atoms with Crippen LogP contribution >= 0.6 is 0 Å². The summed E-state index contributed by atoms with van der Waals surface area (Å²) in [5.41, 5.74) is 1.66. The highest BCUT2D eigenvalue weighted by molar-refractivity contribution is 6.02. The van der Waals surface area contributed by atoms with Crippen LogP contribution in [0.25, 0.3) is 0 Å². The minimum absolute atomic E-state index is 0.309. The van der Waals surface area contributed by atoms with Crippen molar-refractivity contribution in [3.63, 3.8) is 0 Å². The minimum atomic E-state index is -0.752. The molecule has 0 aromatic heterocycles. The number of hydrogen-bond donors (Lipinski definition) is 2. The monoisotopic (exact) mass is 399 g/mol. The Morgan fingerprint density at radius 3 is 2.38 bits per heavy atom. The first-order valence-electron chi connectivity index (χ1n) is 8.87. The molecule has 1 aliphatic rings. The van der Waals surface area contributed by atoms with Crippen LogP contribution in [0.4, 0.5) is 16.2 Å². The molecule has 0 saturated heterocycles. The van der Waals surface area contributed by atoms with Gasteiger partial charge in [-0.15, -0.1) is 0 Å². The molecule has 0 aliphatic carbocycles. The molecule has 0 saturated carbocycles. The van der Waals surface area contributed by atoms with Gasteiger partial charge < -0.3 is 24.4 Å². The third kappa shape index (κ3) is 5.38. The van der Waals surface area contributed by atoms with Crippen molar-refractivity contribution in [1.82, 2.24) is 5.32 Å². The van der Waals surface area contributed by atoms with E-state index < -0.39 is 24.5 Å². The number of esters is 1. The van der Waals surface area contributed by atoms with Gasteiger partial charge in [-0.2, -0.15) is 0 Å². The predicted molar refractivity (Wildman–Crippen MR) is 106 cm³/mol. The maximum Gasteiger partial charge on any atom is 0.338 e. The van der Waals surface area contributed by atoms with Gasteiger partial charge in [0.2, 0.25) is 0 Å². The van der Waals surface area contributed by atoms with E-state index in [1.54, 1.807) is 42.5 Å². The van der Waals surface area contributed by atoms with Crippen molar-refractivity contribution >= 4 is 29.3 Å². The molecule has 152 valence electrons. The fourth-order valence-corrected chi connectivity index (χ4v) is 2.56. The second-order valence-corrected chi connectivity index (χ2v) is 6.38. The summed E-state index contributed by atoms with van der Waals surface area (Å²) in [6, 6.07) is 10.8. The summed E-state index contributed by atoms with van der Waals surface area (Å²) < 4.78 is 15.8. The zero-order valence-corrected chi connectivity index (χ0v) is 16.1. The summed E-state index contributed by atoms with van der Waals surface area (Å²) in [7, 11) is 3.77. The lowest BCUT2D eigenvalue weighted by molar-refractivity contribution is -0.123. The molecule has 1 heterocycles. The van der Waals surface area contributed by atoms with Gasteiger partial charge in [0.05, 0.1) is 5.56 Å². The molecule has 3 amide bonds. The van der Waals surface area contributed by atoms with Crippen LogP contribution in [0, 0.1) is 0 Å². The molecule has 9 nitrogen and oxygen atoms in total. The largest absolute Gasteiger partial charge is 0.486 e. The Morgan fingerprint density at radius 2 is 1.69 bits per heavy atom. The summed E-state index contributed by atoms with van der Waals surface area (Å²) in [4.78, 5) is 37.7. The van der Waals surface area contributed by atoms with Crippen molar-refractivity contribution in [2.24, 2.45) is 0 Å². The number of hydrogen-bond acceptors (Lipinski definition) is 7. The van der Waals surface area contributed by atoms with E-state index >= 15 is 0 Å². The standard InChI is InChI=1S/C20H21N3O6/c1-23(2)15-6-3-13(4-7-15)19(25)29-12-18(24)22-20(26)21-14-5-8-16-17(11-14)28-10-9-27-16/h3-8,11H,9-10,12H2,1-2H3,(H2,21,22,24,26). The van der Waals surface area contributed by atoms with Crippen molar-refractivity contribution < 1.29 is 28.6 Å². The molecule has 2 aromatic rings. The Hall–Kier alpha value is -3.75. The maximum absolute atomic E-state index is 12.0. The Morgan fingerprint density at radius 1 is 1.00 bits per heavy atom. The number of carbonyl (C=O) groups is 3. The maximum atomic E-state index is 12.0. The average Bonchev–Trinajstić information content (AvgIpc) is 2.72. The molecule has 1 aliphatic heterocycles. The number of fused-ring (bicyclic) bond motifs is 1. The van der Waals surface area contributed by atoms with Crippen LogP contribution in [0.5, 0.6) is 11.5 Å². The highest BCUT2D eigenvalue weighted by Gasteiger charge is 2.15. The minimum Gasteiger partial charge on any atom is -0.486 e. The highest BCUT2D eigenvalue weighted by Crippen LogP contribution is 2.32. The van der Waals surface area contributed by atoms with Crippen LogP contribution in [-0.2, 0) is 9.53 Å². The van der Waals surface area contributed by atoms with Gasteiger partial charge in [-0.1, -0.05) is 0 Å². The van der Waals surface area contributed by atoms with Gasteiger partial charge in [-0.05, 0) is 36.4 Å². The molecular formula is C20H21N3O6. The lowest BCUT2D eigenvalue weighted by Crippen LogP contribution is -2.37. The van der Waals surface area contributed by atoms with E-state index in [2.05, 4.69) is 10.6 Å². The van der Waals surface area contributed by atoms with Gasteiger partial charge in [0.15, 0.2) is 18.1 Å². The smallest absolute Gasteiger partial charge is 0.338 e. The van der Waals surface area contributed by atoms with E-state index in [0.29, 0.717) is 36.0 Å². The molecule has 0 fully saturated rings. The van der Waals surface area contributed by atoms with Gasteiger partial charge >= 0.3 is 12.0 Å². The van der Waals surface area contributed by atoms with Crippen molar-refractivity contribution in [2.75, 3.05) is 44.1 Å². The van der Waals surface area contributed by atoms with Crippen molar-refractivity contribution in [3.8, 4) is 11.5 Å². The van der Waals surface area contributed by atoms with Crippen molar-refractivity contribution in [3.05, 3.63) is 48.0 Å². The molecular weight excluding hydrogens is 378 g/mol. The fraction of sp³-hybridized carbons (Fsp3) is 0.250. The topological polar surface area (TPSA) is 106 Å². The SMILES string of the molecule is CN(C)c1ccc(C(=O)OCC(=O)NC(=O)Nc2ccc3c(c2)OCCO3)cc1. The second-order valence-electron chi connectivity index (χ2n) is 6.38. The molecule has 0 spiro atoms. The first-order valence-corrected chi connectivity index (χ1v) is 8.87. The number of amides is 3. The van der Waals surface area contributed by atoms with Gasteiger partial charge in [-0.25, -0.2) is 9.59 Å². The van der Waals surface area contributed by atoms with E-state index in [0.717, 1.165) is 5.69 Å². The van der Waals surface area contributed by atoms with E-state index in [1.165, 1.54) is 0 Å². The number of ether oxygens (including phenoxy) is 3. The molecule has 9 heteroatoms. The number of nitrogens with one attached hydrogen (secondary N) is 2. The molecule has 0 radical (unpaired) electrons. The second kappa shape index (κ2) is 8.96. The van der Waals surface area contributed by atoms with E-state index in [-0.39, 0.29) is 0 Å². The highest BCUT2D eigenvalue weighted by atomic mass is 16.6. The molecule has 3 rings (SSSR count). The molecule has 29 heavy (non-hydrogen) atoms. The van der Waals surface area contributed by atoms with Gasteiger partial charge in [0.1, 0.15) is 13.2 Å². The lowest BCUT2D eigenvalue weighted by Gasteiger charge is -2.19. The molecule has 0 bridgehead atoms. The number of rotatable bonds is 5. The summed E-state index contributed by atoms with van der Waals surface area (Å²) in [5.74, 6) is -0.311. The summed E-state index contributed by atoms with van der Waals surface area (Å²) >= 11 is 0. The summed E-state index contributed by atoms with van der Waals surface area (Å²) in [5, 5.41) is 4.60. The van der Waals surface area contributed by atoms with Crippen LogP contribution in [0.3, 0.4) is 0 Å². The van der Waals surface area contributed by atoms with Crippen molar-refractivity contribution in [2.45, 2.75) is 0 Å². The molecule has 0 atom stereocenters. The first-order chi connectivity index (χ1) is 13.9. The Labute approximate surface area is 167 Å². The van der Waals surface area contributed by atoms with Gasteiger partial charge in [0, 0.05) is 31.5 Å². The Kier molecular flexibility index (Phi) is 6.18. The lowest BCUT2D eigenvalue weighted by atomic mass is 10.2. The van der Waals surface area contributed by atoms with Crippen LogP contribution in [0.1, 0.15) is 10.4 Å². The fourth-order valence-electron chi connectivity index (χ4n) is 2.56. The first kappa shape index (κ1) is 20.0. The van der Waals surface area contributed by atoms with Gasteiger partial charge in [-0.3, -0.25) is 10.1 Å². The average molecular weight is 399 g/mol. The van der Waals surface area contributed by atoms with Crippen molar-refractivity contribution in [1.29, 1.82) is 0 Å². The normalized spacial score (nSPS) is 11.9. The van der Waals surface area contributed by atoms with Crippen LogP contribution in [0.2, 0.25) is 0 Å². The number of nitrogens with zero attached hydrogens (tertiary/aromatic N) is 1. The molecule has 2 aromatic carbocycles. The third-order valence-electron chi connectivity index (χ3n) is 4.01. The van der Waals surface area contributed by atoms with Crippen LogP contribution in [-0.4, -0.2) is 51.8 Å². The van der Waals surface area contributed by atoms with E-state index in [9.17, 15) is 14.4 Å². The third-order valence-corrected chi connectivity index (χ3v) is 4.01. The van der Waals surface area contributed by atoms with Crippen LogP contribution in [0.15, 0.2) is 42.5 Å². The summed E-state index contributed by atoms with van der Waals surface area (Å²) in [6.45, 7) is 0.306. The number of imide groups is 1. The molecule has 0 unspecified atom stereocenters. The molecule has 2 N–H and O–H groups in total. The number of urea groups is 1. The van der Waals surface area contributed by atoms with E-state index in [4.69, 9.17) is 14.2 Å².